The number of benzene rings is 2. The number of nitrogens with one attached hydrogen (secondary N) is 2. The summed E-state index contributed by atoms with van der Waals surface area (Å²) >= 11 is 4.69. The molecule has 0 fully saturated rings. The van der Waals surface area contributed by atoms with Crippen molar-refractivity contribution in [1.29, 1.82) is 0 Å². The smallest absolute Gasteiger partial charge is 0.420 e. The number of thiophene rings is 1. The van der Waals surface area contributed by atoms with Crippen LogP contribution in [0.1, 0.15) is 31.4 Å². The second-order valence-corrected chi connectivity index (χ2v) is 9.45. The van der Waals surface area contributed by atoms with Crippen molar-refractivity contribution in [1.82, 2.24) is 10.7 Å². The second-order valence-electron chi connectivity index (χ2n) is 7.56. The Hall–Kier alpha value is -4.88. The van der Waals surface area contributed by atoms with Crippen LogP contribution in [-0.2, 0) is 4.79 Å². The van der Waals surface area contributed by atoms with Gasteiger partial charge < -0.3 is 14.5 Å². The summed E-state index contributed by atoms with van der Waals surface area (Å²) in [5, 5.41) is 19.2. The summed E-state index contributed by atoms with van der Waals surface area (Å²) in [6, 6.07) is 18.8. The highest BCUT2D eigenvalue weighted by Crippen LogP contribution is 2.24. The van der Waals surface area contributed by atoms with Gasteiger partial charge in [0.15, 0.2) is 0 Å². The first-order valence-corrected chi connectivity index (χ1v) is 12.7. The summed E-state index contributed by atoms with van der Waals surface area (Å²) in [5.74, 6) is -3.05. The van der Waals surface area contributed by atoms with E-state index in [4.69, 9.17) is 9.15 Å². The SMILES string of the molecule is O=C(N/N=C/c1cc(Br)ccc1OC(=O)c1ccc([N+](=O)[O-])o1)/C(=C\c1cccs1)NC(=O)c1ccccc1. The van der Waals surface area contributed by atoms with E-state index in [0.29, 0.717) is 10.0 Å². The Labute approximate surface area is 233 Å². The first kappa shape index (κ1) is 27.2. The quantitative estimate of drug-likeness (QED) is 0.0665. The van der Waals surface area contributed by atoms with Crippen LogP contribution in [0.25, 0.3) is 6.08 Å². The molecule has 2 amide bonds. The van der Waals surface area contributed by atoms with Crippen LogP contribution in [0.4, 0.5) is 5.88 Å². The average molecular weight is 609 g/mol. The fourth-order valence-electron chi connectivity index (χ4n) is 3.08. The van der Waals surface area contributed by atoms with Crippen LogP contribution in [0.5, 0.6) is 5.75 Å². The Balaban J connectivity index is 1.50. The molecule has 0 aliphatic carbocycles. The van der Waals surface area contributed by atoms with Crippen LogP contribution in [0.3, 0.4) is 0 Å². The molecule has 0 radical (unpaired) electrons. The van der Waals surface area contributed by atoms with Crippen LogP contribution >= 0.6 is 27.3 Å². The first-order valence-electron chi connectivity index (χ1n) is 11.0. The predicted octanol–water partition coefficient (Wildman–Crippen LogP) is 5.15. The maximum Gasteiger partial charge on any atom is 0.433 e. The van der Waals surface area contributed by atoms with Crippen molar-refractivity contribution in [3.63, 3.8) is 0 Å². The van der Waals surface area contributed by atoms with E-state index in [1.165, 1.54) is 29.7 Å². The highest BCUT2D eigenvalue weighted by atomic mass is 79.9. The molecule has 196 valence electrons. The molecule has 4 rings (SSSR count). The lowest BCUT2D eigenvalue weighted by Gasteiger charge is -2.09. The van der Waals surface area contributed by atoms with Gasteiger partial charge in [-0.3, -0.25) is 19.7 Å². The Morgan fingerprint density at radius 2 is 1.85 bits per heavy atom. The van der Waals surface area contributed by atoms with Crippen LogP contribution in [-0.4, -0.2) is 28.9 Å². The van der Waals surface area contributed by atoms with E-state index in [0.717, 1.165) is 17.0 Å². The molecule has 2 aromatic heterocycles. The molecule has 4 aromatic rings. The number of esters is 1. The van der Waals surface area contributed by atoms with Crippen molar-refractivity contribution in [2.45, 2.75) is 0 Å². The van der Waals surface area contributed by atoms with E-state index in [2.05, 4.69) is 31.8 Å². The molecule has 39 heavy (non-hydrogen) atoms. The number of carbonyl (C=O) groups excluding carboxylic acids is 3. The highest BCUT2D eigenvalue weighted by molar-refractivity contribution is 9.10. The van der Waals surface area contributed by atoms with Crippen LogP contribution < -0.4 is 15.5 Å². The number of carbonyl (C=O) groups is 3. The van der Waals surface area contributed by atoms with E-state index in [1.807, 2.05) is 5.38 Å². The number of hydrogen-bond acceptors (Lipinski definition) is 9. The Morgan fingerprint density at radius 1 is 1.05 bits per heavy atom. The van der Waals surface area contributed by atoms with Crippen molar-refractivity contribution in [2.75, 3.05) is 0 Å². The van der Waals surface area contributed by atoms with Crippen molar-refractivity contribution < 1.29 is 28.5 Å². The molecule has 0 atom stereocenters. The van der Waals surface area contributed by atoms with E-state index in [9.17, 15) is 24.5 Å². The average Bonchev–Trinajstić information content (AvgIpc) is 3.63. The topological polar surface area (TPSA) is 153 Å². The molecule has 0 unspecified atom stereocenters. The third kappa shape index (κ3) is 7.34. The molecule has 0 aliphatic heterocycles. The monoisotopic (exact) mass is 608 g/mol. The van der Waals surface area contributed by atoms with Crippen LogP contribution in [0.2, 0.25) is 0 Å². The fourth-order valence-corrected chi connectivity index (χ4v) is 4.11. The lowest BCUT2D eigenvalue weighted by atomic mass is 10.2. The van der Waals surface area contributed by atoms with E-state index >= 15 is 0 Å². The second kappa shape index (κ2) is 12.6. The van der Waals surface area contributed by atoms with Gasteiger partial charge in [-0.15, -0.1) is 11.3 Å². The Morgan fingerprint density at radius 3 is 2.54 bits per heavy atom. The van der Waals surface area contributed by atoms with E-state index in [-0.39, 0.29) is 22.8 Å². The van der Waals surface area contributed by atoms with Gasteiger partial charge in [0.2, 0.25) is 5.76 Å². The lowest BCUT2D eigenvalue weighted by Crippen LogP contribution is -2.32. The molecule has 2 heterocycles. The molecule has 0 aliphatic rings. The van der Waals surface area contributed by atoms with E-state index < -0.39 is 28.6 Å². The number of hydrogen-bond donors (Lipinski definition) is 2. The zero-order chi connectivity index (χ0) is 27.8. The number of halogens is 1. The van der Waals surface area contributed by atoms with Gasteiger partial charge in [0, 0.05) is 20.5 Å². The zero-order valence-corrected chi connectivity index (χ0v) is 22.1. The summed E-state index contributed by atoms with van der Waals surface area (Å²) in [4.78, 5) is 48.8. The highest BCUT2D eigenvalue weighted by Gasteiger charge is 2.20. The van der Waals surface area contributed by atoms with Crippen molar-refractivity contribution in [2.24, 2.45) is 5.10 Å². The van der Waals surface area contributed by atoms with Crippen molar-refractivity contribution in [3.05, 3.63) is 120 Å². The molecule has 0 saturated carbocycles. The molecular weight excluding hydrogens is 592 g/mol. The van der Waals surface area contributed by atoms with Crippen LogP contribution in [0, 0.1) is 10.1 Å². The van der Waals surface area contributed by atoms with Crippen LogP contribution in [0.15, 0.2) is 97.9 Å². The van der Waals surface area contributed by atoms with Gasteiger partial charge in [-0.2, -0.15) is 5.10 Å². The third-order valence-corrected chi connectivity index (χ3v) is 6.19. The molecule has 2 aromatic carbocycles. The fraction of sp³-hybridized carbons (Fsp3) is 0. The molecule has 13 heteroatoms. The van der Waals surface area contributed by atoms with E-state index in [1.54, 1.807) is 54.6 Å². The van der Waals surface area contributed by atoms with Crippen molar-refractivity contribution >= 4 is 63.2 Å². The number of ether oxygens (including phenoxy) is 1. The summed E-state index contributed by atoms with van der Waals surface area (Å²) in [6.07, 6.45) is 2.75. The summed E-state index contributed by atoms with van der Waals surface area (Å²) in [5.41, 5.74) is 2.97. The number of hydrazone groups is 1. The van der Waals surface area contributed by atoms with Crippen molar-refractivity contribution in [3.8, 4) is 5.75 Å². The van der Waals surface area contributed by atoms with Gasteiger partial charge in [-0.1, -0.05) is 40.2 Å². The largest absolute Gasteiger partial charge is 0.433 e. The van der Waals surface area contributed by atoms with Gasteiger partial charge in [0.25, 0.3) is 11.8 Å². The minimum absolute atomic E-state index is 0.0382. The standard InChI is InChI=1S/C26H17BrN4O7S/c27-18-8-9-21(38-26(34)22-10-11-23(37-22)31(35)36)17(13-18)15-28-30-25(33)20(14-19-7-4-12-39-19)29-24(32)16-5-2-1-3-6-16/h1-15H,(H,29,32)(H,30,33)/b20-14+,28-15+. The molecular formula is C26H17BrN4O7S. The lowest BCUT2D eigenvalue weighted by molar-refractivity contribution is -0.402. The van der Waals surface area contributed by atoms with Gasteiger partial charge >= 0.3 is 11.9 Å². The summed E-state index contributed by atoms with van der Waals surface area (Å²) in [7, 11) is 0. The summed E-state index contributed by atoms with van der Waals surface area (Å²) < 4.78 is 10.8. The normalized spacial score (nSPS) is 11.3. The summed E-state index contributed by atoms with van der Waals surface area (Å²) in [6.45, 7) is 0. The van der Waals surface area contributed by atoms with Gasteiger partial charge in [0.05, 0.1) is 12.3 Å². The minimum Gasteiger partial charge on any atom is -0.420 e. The predicted molar refractivity (Wildman–Crippen MR) is 146 cm³/mol. The molecule has 2 N–H and O–H groups in total. The Kier molecular flexibility index (Phi) is 8.76. The molecule has 0 spiro atoms. The third-order valence-electron chi connectivity index (χ3n) is 4.88. The number of nitro groups is 1. The zero-order valence-electron chi connectivity index (χ0n) is 19.7. The maximum atomic E-state index is 12.9. The maximum absolute atomic E-state index is 12.9. The molecule has 11 nitrogen and oxygen atoms in total. The number of rotatable bonds is 9. The molecule has 0 saturated heterocycles. The number of furan rings is 1. The Bertz CT molecular complexity index is 1580. The first-order chi connectivity index (χ1) is 18.8. The number of amides is 2. The van der Waals surface area contributed by atoms with Gasteiger partial charge in [0.1, 0.15) is 16.4 Å². The minimum atomic E-state index is -0.964. The van der Waals surface area contributed by atoms with Gasteiger partial charge in [-0.05, 0) is 53.9 Å². The molecule has 0 bridgehead atoms. The van der Waals surface area contributed by atoms with Gasteiger partial charge in [-0.25, -0.2) is 10.2 Å². The number of nitrogens with zero attached hydrogens (tertiary/aromatic N) is 2.